The van der Waals surface area contributed by atoms with E-state index in [1.807, 2.05) is 29.5 Å². The molecule has 0 amide bonds. The molecule has 2 aromatic heterocycles. The van der Waals surface area contributed by atoms with Gasteiger partial charge in [-0.15, -0.1) is 10.2 Å². The van der Waals surface area contributed by atoms with E-state index in [0.29, 0.717) is 17.7 Å². The number of aryl methyl sites for hydroxylation is 2. The van der Waals surface area contributed by atoms with Crippen molar-refractivity contribution in [1.29, 1.82) is 5.26 Å². The van der Waals surface area contributed by atoms with E-state index >= 15 is 0 Å². The van der Waals surface area contributed by atoms with E-state index in [4.69, 9.17) is 5.26 Å². The van der Waals surface area contributed by atoms with Crippen LogP contribution in [-0.2, 0) is 13.6 Å². The number of likely N-dealkylation sites (tertiary alicyclic amines) is 1. The molecule has 0 spiro atoms. The summed E-state index contributed by atoms with van der Waals surface area (Å²) in [5, 5.41) is 18.3. The van der Waals surface area contributed by atoms with E-state index in [-0.39, 0.29) is 11.5 Å². The molecule has 7 heteroatoms. The van der Waals surface area contributed by atoms with Crippen LogP contribution in [0.5, 0.6) is 0 Å². The highest BCUT2D eigenvalue weighted by atomic mass is 16.1. The maximum atomic E-state index is 12.6. The van der Waals surface area contributed by atoms with Crippen molar-refractivity contribution in [3.63, 3.8) is 0 Å². The summed E-state index contributed by atoms with van der Waals surface area (Å²) >= 11 is 0. The zero-order valence-corrected chi connectivity index (χ0v) is 14.4. The molecule has 0 bridgehead atoms. The minimum absolute atomic E-state index is 0.0556. The number of fused-ring (bicyclic) bond motifs is 3. The number of hydrogen-bond acceptors (Lipinski definition) is 5. The van der Waals surface area contributed by atoms with Crippen LogP contribution in [0.4, 0.5) is 0 Å². The Bertz CT molecular complexity index is 1050. The Morgan fingerprint density at radius 3 is 2.76 bits per heavy atom. The normalized spacial score (nSPS) is 16.5. The second kappa shape index (κ2) is 5.97. The summed E-state index contributed by atoms with van der Waals surface area (Å²) in [4.78, 5) is 14.9. The van der Waals surface area contributed by atoms with E-state index in [2.05, 4.69) is 21.2 Å². The van der Waals surface area contributed by atoms with Crippen molar-refractivity contribution in [2.75, 3.05) is 13.1 Å². The minimum Gasteiger partial charge on any atom is -0.296 e. The van der Waals surface area contributed by atoms with Crippen molar-refractivity contribution >= 4 is 16.7 Å². The predicted octanol–water partition coefficient (Wildman–Crippen LogP) is 1.63. The maximum absolute atomic E-state index is 12.6. The van der Waals surface area contributed by atoms with Gasteiger partial charge in [-0.3, -0.25) is 18.7 Å². The van der Waals surface area contributed by atoms with Gasteiger partial charge in [0.05, 0.1) is 23.5 Å². The molecule has 1 aliphatic rings. The number of nitrogens with zero attached hydrogens (tertiary/aromatic N) is 6. The maximum Gasteiger partial charge on any atom is 0.262 e. The Labute approximate surface area is 145 Å². The molecule has 3 aromatic rings. The van der Waals surface area contributed by atoms with Gasteiger partial charge in [0.25, 0.3) is 5.56 Å². The lowest BCUT2D eigenvalue weighted by atomic mass is 9.99. The van der Waals surface area contributed by atoms with Gasteiger partial charge in [-0.2, -0.15) is 5.26 Å². The number of aromatic nitrogens is 4. The Morgan fingerprint density at radius 2 is 2.04 bits per heavy atom. The van der Waals surface area contributed by atoms with Crippen LogP contribution in [0.15, 0.2) is 23.0 Å². The molecule has 0 radical (unpaired) electrons. The van der Waals surface area contributed by atoms with Crippen LogP contribution in [0.2, 0.25) is 0 Å². The molecule has 3 heterocycles. The van der Waals surface area contributed by atoms with Gasteiger partial charge in [-0.25, -0.2) is 0 Å². The van der Waals surface area contributed by atoms with Crippen molar-refractivity contribution in [3.05, 3.63) is 39.9 Å². The van der Waals surface area contributed by atoms with Crippen LogP contribution in [0.3, 0.4) is 0 Å². The second-order valence-corrected chi connectivity index (χ2v) is 6.82. The molecule has 0 saturated carbocycles. The van der Waals surface area contributed by atoms with Crippen LogP contribution in [0.25, 0.3) is 16.7 Å². The zero-order valence-electron chi connectivity index (χ0n) is 14.4. The molecule has 0 atom stereocenters. The van der Waals surface area contributed by atoms with Crippen molar-refractivity contribution in [2.45, 2.75) is 26.3 Å². The Hall–Kier alpha value is -2.72. The van der Waals surface area contributed by atoms with Gasteiger partial charge in [-0.1, -0.05) is 11.6 Å². The topological polar surface area (TPSA) is 79.2 Å². The Morgan fingerprint density at radius 1 is 1.28 bits per heavy atom. The lowest BCUT2D eigenvalue weighted by molar-refractivity contribution is 0.193. The fraction of sp³-hybridized carbons (Fsp3) is 0.444. The van der Waals surface area contributed by atoms with Gasteiger partial charge < -0.3 is 0 Å². The molecule has 1 aliphatic heterocycles. The molecule has 0 aliphatic carbocycles. The predicted molar refractivity (Wildman–Crippen MR) is 94.1 cm³/mol. The van der Waals surface area contributed by atoms with E-state index in [0.717, 1.165) is 42.8 Å². The highest BCUT2D eigenvalue weighted by molar-refractivity contribution is 5.81. The van der Waals surface area contributed by atoms with Crippen LogP contribution in [0.1, 0.15) is 24.2 Å². The highest BCUT2D eigenvalue weighted by Gasteiger charge is 2.21. The fourth-order valence-electron chi connectivity index (χ4n) is 3.58. The van der Waals surface area contributed by atoms with Gasteiger partial charge in [0.15, 0.2) is 5.82 Å². The van der Waals surface area contributed by atoms with Crippen molar-refractivity contribution in [3.8, 4) is 6.07 Å². The summed E-state index contributed by atoms with van der Waals surface area (Å²) in [6.07, 6.45) is 1.79. The number of piperidine rings is 1. The minimum atomic E-state index is -0.0556. The zero-order chi connectivity index (χ0) is 17.6. The molecule has 4 rings (SSSR count). The standard InChI is InChI=1S/C18H20N6O/c1-12-3-4-15-14(9-12)17(25)22(2)18-21-20-16(24(15)18)11-23-7-5-13(10-19)6-8-23/h3-4,9,13H,5-8,11H2,1-2H3. The molecule has 128 valence electrons. The molecule has 0 unspecified atom stereocenters. The summed E-state index contributed by atoms with van der Waals surface area (Å²) in [6.45, 7) is 4.42. The first-order chi connectivity index (χ1) is 12.1. The smallest absolute Gasteiger partial charge is 0.262 e. The SMILES string of the molecule is Cc1ccc2c(c1)c(=O)n(C)c1nnc(CN3CCC(C#N)CC3)n21. The van der Waals surface area contributed by atoms with E-state index in [9.17, 15) is 4.79 Å². The lowest BCUT2D eigenvalue weighted by Gasteiger charge is -2.28. The van der Waals surface area contributed by atoms with Crippen LogP contribution < -0.4 is 5.56 Å². The van der Waals surface area contributed by atoms with Crippen LogP contribution in [-0.4, -0.2) is 37.2 Å². The average molecular weight is 336 g/mol. The Kier molecular flexibility index (Phi) is 3.77. The van der Waals surface area contributed by atoms with Crippen molar-refractivity contribution in [1.82, 2.24) is 24.1 Å². The molecule has 7 nitrogen and oxygen atoms in total. The first-order valence-corrected chi connectivity index (χ1v) is 8.54. The van der Waals surface area contributed by atoms with Crippen molar-refractivity contribution < 1.29 is 0 Å². The third-order valence-corrected chi connectivity index (χ3v) is 5.08. The first kappa shape index (κ1) is 15.8. The quantitative estimate of drug-likeness (QED) is 0.710. The fourth-order valence-corrected chi connectivity index (χ4v) is 3.58. The largest absolute Gasteiger partial charge is 0.296 e. The Balaban J connectivity index is 1.80. The summed E-state index contributed by atoms with van der Waals surface area (Å²) in [7, 11) is 1.73. The number of rotatable bonds is 2. The third kappa shape index (κ3) is 2.59. The van der Waals surface area contributed by atoms with Crippen LogP contribution in [0, 0.1) is 24.2 Å². The molecule has 1 saturated heterocycles. The summed E-state index contributed by atoms with van der Waals surface area (Å²) in [5.74, 6) is 1.55. The van der Waals surface area contributed by atoms with Gasteiger partial charge in [0.1, 0.15) is 0 Å². The molecular formula is C18H20N6O. The van der Waals surface area contributed by atoms with Gasteiger partial charge in [-0.05, 0) is 45.0 Å². The summed E-state index contributed by atoms with van der Waals surface area (Å²) in [5.41, 5.74) is 1.84. The summed E-state index contributed by atoms with van der Waals surface area (Å²) in [6, 6.07) is 8.24. The number of nitriles is 1. The second-order valence-electron chi connectivity index (χ2n) is 6.82. The average Bonchev–Trinajstić information content (AvgIpc) is 3.04. The summed E-state index contributed by atoms with van der Waals surface area (Å²) < 4.78 is 3.53. The van der Waals surface area contributed by atoms with Crippen molar-refractivity contribution in [2.24, 2.45) is 13.0 Å². The van der Waals surface area contributed by atoms with Gasteiger partial charge in [0, 0.05) is 13.0 Å². The molecule has 25 heavy (non-hydrogen) atoms. The third-order valence-electron chi connectivity index (χ3n) is 5.08. The van der Waals surface area contributed by atoms with E-state index in [1.165, 1.54) is 0 Å². The molecule has 1 aromatic carbocycles. The highest BCUT2D eigenvalue weighted by Crippen LogP contribution is 2.20. The van der Waals surface area contributed by atoms with Gasteiger partial charge in [0.2, 0.25) is 5.78 Å². The van der Waals surface area contributed by atoms with E-state index < -0.39 is 0 Å². The molecule has 1 fully saturated rings. The first-order valence-electron chi connectivity index (χ1n) is 8.54. The number of benzene rings is 1. The van der Waals surface area contributed by atoms with Gasteiger partial charge >= 0.3 is 0 Å². The van der Waals surface area contributed by atoms with Crippen LogP contribution >= 0.6 is 0 Å². The number of hydrogen-bond donors (Lipinski definition) is 0. The molecular weight excluding hydrogens is 316 g/mol. The lowest BCUT2D eigenvalue weighted by Crippen LogP contribution is -2.33. The van der Waals surface area contributed by atoms with E-state index in [1.54, 1.807) is 11.6 Å². The monoisotopic (exact) mass is 336 g/mol. The molecule has 0 N–H and O–H groups in total.